The maximum atomic E-state index is 4.27. The molecule has 0 saturated carbocycles. The van der Waals surface area contributed by atoms with E-state index in [1.165, 1.54) is 5.56 Å². The zero-order valence-electron chi connectivity index (χ0n) is 7.40. The Kier molecular flexibility index (Phi) is 2.41. The van der Waals surface area contributed by atoms with Crippen LogP contribution in [0.3, 0.4) is 0 Å². The topological polar surface area (TPSA) is 24.4 Å². The lowest BCUT2D eigenvalue weighted by molar-refractivity contribution is 0.961. The number of hydrogen-bond acceptors (Lipinski definition) is 2. The van der Waals surface area contributed by atoms with Crippen LogP contribution in [0, 0.1) is 0 Å². The average Bonchev–Trinajstić information content (AvgIpc) is 2.69. The van der Waals surface area contributed by atoms with E-state index in [1.54, 1.807) is 0 Å². The van der Waals surface area contributed by atoms with Crippen molar-refractivity contribution in [1.82, 2.24) is 5.32 Å². The molecule has 0 aromatic heterocycles. The first-order chi connectivity index (χ1) is 6.45. The van der Waals surface area contributed by atoms with Gasteiger partial charge < -0.3 is 5.32 Å². The number of nitrogens with one attached hydrogen (secondary N) is 1. The van der Waals surface area contributed by atoms with Crippen LogP contribution in [-0.4, -0.2) is 18.9 Å². The summed E-state index contributed by atoms with van der Waals surface area (Å²) < 4.78 is 0. The van der Waals surface area contributed by atoms with Crippen molar-refractivity contribution in [3.63, 3.8) is 0 Å². The van der Waals surface area contributed by atoms with Crippen LogP contribution in [0.2, 0.25) is 0 Å². The van der Waals surface area contributed by atoms with Crippen molar-refractivity contribution in [1.29, 1.82) is 0 Å². The molecule has 0 amide bonds. The van der Waals surface area contributed by atoms with E-state index in [4.69, 9.17) is 0 Å². The second-order valence-electron chi connectivity index (χ2n) is 2.94. The highest BCUT2D eigenvalue weighted by atomic mass is 15.1. The van der Waals surface area contributed by atoms with Crippen LogP contribution >= 0.6 is 0 Å². The standard InChI is InChI=1S/C11H12N2/c1-2-4-10(5-3-1)6-7-11-12-8-9-13-11/h1-7H,8-9H2,(H,12,13)/b7-6+. The van der Waals surface area contributed by atoms with Crippen molar-refractivity contribution >= 4 is 11.9 Å². The summed E-state index contributed by atoms with van der Waals surface area (Å²) in [7, 11) is 0. The van der Waals surface area contributed by atoms with Gasteiger partial charge in [0, 0.05) is 6.54 Å². The quantitative estimate of drug-likeness (QED) is 0.721. The molecule has 2 rings (SSSR count). The molecule has 0 unspecified atom stereocenters. The molecule has 1 aliphatic heterocycles. The van der Waals surface area contributed by atoms with Gasteiger partial charge >= 0.3 is 0 Å². The highest BCUT2D eigenvalue weighted by Crippen LogP contribution is 2.01. The van der Waals surface area contributed by atoms with Crippen LogP contribution in [0.5, 0.6) is 0 Å². The van der Waals surface area contributed by atoms with Gasteiger partial charge in [-0.05, 0) is 11.6 Å². The Morgan fingerprint density at radius 3 is 2.69 bits per heavy atom. The number of amidine groups is 1. The molecule has 1 heterocycles. The van der Waals surface area contributed by atoms with Crippen molar-refractivity contribution in [2.24, 2.45) is 4.99 Å². The molecule has 2 heteroatoms. The fourth-order valence-electron chi connectivity index (χ4n) is 1.27. The Labute approximate surface area is 78.0 Å². The second-order valence-corrected chi connectivity index (χ2v) is 2.94. The molecule has 0 saturated heterocycles. The van der Waals surface area contributed by atoms with Gasteiger partial charge in [-0.15, -0.1) is 0 Å². The van der Waals surface area contributed by atoms with Gasteiger partial charge in [-0.3, -0.25) is 4.99 Å². The highest BCUT2D eigenvalue weighted by molar-refractivity contribution is 5.97. The highest BCUT2D eigenvalue weighted by Gasteiger charge is 1.98. The largest absolute Gasteiger partial charge is 0.369 e. The molecular weight excluding hydrogens is 160 g/mol. The van der Waals surface area contributed by atoms with Crippen molar-refractivity contribution < 1.29 is 0 Å². The van der Waals surface area contributed by atoms with E-state index >= 15 is 0 Å². The molecule has 0 aliphatic carbocycles. The minimum absolute atomic E-state index is 0.897. The van der Waals surface area contributed by atoms with Crippen molar-refractivity contribution in [2.75, 3.05) is 13.1 Å². The number of hydrogen-bond donors (Lipinski definition) is 1. The molecule has 0 fully saturated rings. The second kappa shape index (κ2) is 3.90. The van der Waals surface area contributed by atoms with Gasteiger partial charge in [0.15, 0.2) is 0 Å². The van der Waals surface area contributed by atoms with Crippen LogP contribution in [0.25, 0.3) is 6.08 Å². The maximum absolute atomic E-state index is 4.27. The molecule has 0 radical (unpaired) electrons. The summed E-state index contributed by atoms with van der Waals surface area (Å²) in [5.41, 5.74) is 1.21. The number of benzene rings is 1. The summed E-state index contributed by atoms with van der Waals surface area (Å²) in [4.78, 5) is 4.27. The lowest BCUT2D eigenvalue weighted by atomic mass is 10.2. The summed E-state index contributed by atoms with van der Waals surface area (Å²) in [6.07, 6.45) is 4.08. The van der Waals surface area contributed by atoms with Gasteiger partial charge in [0.05, 0.1) is 6.54 Å². The van der Waals surface area contributed by atoms with Gasteiger partial charge in [0.1, 0.15) is 5.84 Å². The van der Waals surface area contributed by atoms with Gasteiger partial charge in [-0.1, -0.05) is 36.4 Å². The Balaban J connectivity index is 2.05. The Bertz CT molecular complexity index is 325. The van der Waals surface area contributed by atoms with E-state index in [0.717, 1.165) is 18.9 Å². The molecule has 1 N–H and O–H groups in total. The predicted octanol–water partition coefficient (Wildman–Crippen LogP) is 1.70. The van der Waals surface area contributed by atoms with Gasteiger partial charge in [-0.25, -0.2) is 0 Å². The van der Waals surface area contributed by atoms with Crippen LogP contribution in [0.15, 0.2) is 41.4 Å². The zero-order valence-corrected chi connectivity index (χ0v) is 7.40. The van der Waals surface area contributed by atoms with Gasteiger partial charge in [-0.2, -0.15) is 0 Å². The first-order valence-corrected chi connectivity index (χ1v) is 4.46. The Morgan fingerprint density at radius 2 is 2.00 bits per heavy atom. The molecule has 0 spiro atoms. The van der Waals surface area contributed by atoms with Gasteiger partial charge in [0.2, 0.25) is 0 Å². The van der Waals surface area contributed by atoms with E-state index in [2.05, 4.69) is 28.5 Å². The first-order valence-electron chi connectivity index (χ1n) is 4.46. The molecule has 66 valence electrons. The summed E-state index contributed by atoms with van der Waals surface area (Å²) in [5.74, 6) is 0.990. The lowest BCUT2D eigenvalue weighted by Gasteiger charge is -1.93. The predicted molar refractivity (Wildman–Crippen MR) is 55.8 cm³/mol. The van der Waals surface area contributed by atoms with E-state index in [9.17, 15) is 0 Å². The monoisotopic (exact) mass is 172 g/mol. The molecule has 1 aliphatic rings. The van der Waals surface area contributed by atoms with Crippen molar-refractivity contribution in [3.05, 3.63) is 42.0 Å². The SMILES string of the molecule is C(=C\c1ccccc1)/C1=NCCN1. The summed E-state index contributed by atoms with van der Waals surface area (Å²) in [5, 5.41) is 3.19. The number of aliphatic imine (C=N–C) groups is 1. The Hall–Kier alpha value is -1.57. The molecule has 13 heavy (non-hydrogen) atoms. The maximum Gasteiger partial charge on any atom is 0.120 e. The molecule has 0 bridgehead atoms. The molecule has 1 aromatic rings. The van der Waals surface area contributed by atoms with Crippen LogP contribution in [-0.2, 0) is 0 Å². The smallest absolute Gasteiger partial charge is 0.120 e. The zero-order chi connectivity index (χ0) is 8.93. The van der Waals surface area contributed by atoms with Crippen LogP contribution < -0.4 is 5.32 Å². The van der Waals surface area contributed by atoms with Crippen molar-refractivity contribution in [3.8, 4) is 0 Å². The third-order valence-corrected chi connectivity index (χ3v) is 1.93. The summed E-state index contributed by atoms with van der Waals surface area (Å²) in [6, 6.07) is 10.2. The van der Waals surface area contributed by atoms with Crippen molar-refractivity contribution in [2.45, 2.75) is 0 Å². The first kappa shape index (κ1) is 8.05. The molecule has 1 aromatic carbocycles. The third-order valence-electron chi connectivity index (χ3n) is 1.93. The van der Waals surface area contributed by atoms with E-state index in [-0.39, 0.29) is 0 Å². The lowest BCUT2D eigenvalue weighted by Crippen LogP contribution is -2.15. The fraction of sp³-hybridized carbons (Fsp3) is 0.182. The molecule has 0 atom stereocenters. The minimum Gasteiger partial charge on any atom is -0.369 e. The number of rotatable bonds is 2. The summed E-state index contributed by atoms with van der Waals surface area (Å²) >= 11 is 0. The third kappa shape index (κ3) is 2.18. The fourth-order valence-corrected chi connectivity index (χ4v) is 1.27. The van der Waals surface area contributed by atoms with E-state index < -0.39 is 0 Å². The van der Waals surface area contributed by atoms with E-state index in [0.29, 0.717) is 0 Å². The van der Waals surface area contributed by atoms with E-state index in [1.807, 2.05) is 24.3 Å². The van der Waals surface area contributed by atoms with Gasteiger partial charge in [0.25, 0.3) is 0 Å². The summed E-state index contributed by atoms with van der Waals surface area (Å²) in [6.45, 7) is 1.86. The molecule has 2 nitrogen and oxygen atoms in total. The normalized spacial score (nSPS) is 15.8. The van der Waals surface area contributed by atoms with Crippen LogP contribution in [0.4, 0.5) is 0 Å². The average molecular weight is 172 g/mol. The molecular formula is C11H12N2. The van der Waals surface area contributed by atoms with Crippen LogP contribution in [0.1, 0.15) is 5.56 Å². The Morgan fingerprint density at radius 1 is 1.15 bits per heavy atom. The minimum atomic E-state index is 0.897. The number of nitrogens with zero attached hydrogens (tertiary/aromatic N) is 1.